The highest BCUT2D eigenvalue weighted by Gasteiger charge is 2.12. The van der Waals surface area contributed by atoms with Gasteiger partial charge in [0.15, 0.2) is 0 Å². The zero-order valence-corrected chi connectivity index (χ0v) is 14.7. The predicted octanol–water partition coefficient (Wildman–Crippen LogP) is 1.90. The molecule has 20 heavy (non-hydrogen) atoms. The van der Waals surface area contributed by atoms with Gasteiger partial charge in [-0.05, 0) is 43.4 Å². The van der Waals surface area contributed by atoms with E-state index in [0.717, 1.165) is 56.0 Å². The molecule has 0 spiro atoms. The smallest absolute Gasteiger partial charge is 0.0767 e. The van der Waals surface area contributed by atoms with E-state index in [9.17, 15) is 0 Å². The molecule has 0 aliphatic carbocycles. The summed E-state index contributed by atoms with van der Waals surface area (Å²) >= 11 is 3.65. The van der Waals surface area contributed by atoms with E-state index in [4.69, 9.17) is 4.74 Å². The zero-order valence-electron chi connectivity index (χ0n) is 13.1. The fourth-order valence-corrected chi connectivity index (χ4v) is 2.59. The van der Waals surface area contributed by atoms with Crippen LogP contribution in [0.3, 0.4) is 0 Å². The lowest BCUT2D eigenvalue weighted by Crippen LogP contribution is -2.24. The zero-order chi connectivity index (χ0) is 15.0. The summed E-state index contributed by atoms with van der Waals surface area (Å²) in [5, 5.41) is 8.00. The molecule has 1 N–H and O–H groups in total. The molecule has 0 radical (unpaired) electrons. The average molecular weight is 347 g/mol. The Morgan fingerprint density at radius 2 is 2.05 bits per heavy atom. The van der Waals surface area contributed by atoms with Crippen LogP contribution >= 0.6 is 15.9 Å². The van der Waals surface area contributed by atoms with Crippen LogP contribution < -0.4 is 5.32 Å². The summed E-state index contributed by atoms with van der Waals surface area (Å²) in [5.74, 6) is 0. The van der Waals surface area contributed by atoms with Gasteiger partial charge in [0.2, 0.25) is 0 Å². The number of aryl methyl sites for hydroxylation is 2. The Hall–Kier alpha value is -0.430. The van der Waals surface area contributed by atoms with Crippen molar-refractivity contribution in [1.29, 1.82) is 0 Å². The summed E-state index contributed by atoms with van der Waals surface area (Å²) in [5.41, 5.74) is 2.35. The van der Waals surface area contributed by atoms with E-state index in [1.807, 2.05) is 0 Å². The molecule has 6 heteroatoms. The summed E-state index contributed by atoms with van der Waals surface area (Å²) in [4.78, 5) is 2.12. The maximum atomic E-state index is 5.56. The monoisotopic (exact) mass is 346 g/mol. The van der Waals surface area contributed by atoms with Gasteiger partial charge in [0.05, 0.1) is 29.1 Å². The molecule has 0 atom stereocenters. The molecule has 1 heterocycles. The Labute approximate surface area is 130 Å². The Morgan fingerprint density at radius 3 is 2.65 bits per heavy atom. The molecule has 0 saturated heterocycles. The van der Waals surface area contributed by atoms with Crippen LogP contribution in [0, 0.1) is 0 Å². The van der Waals surface area contributed by atoms with Crippen molar-refractivity contribution >= 4 is 15.9 Å². The van der Waals surface area contributed by atoms with Crippen LogP contribution in [0.1, 0.15) is 25.2 Å². The van der Waals surface area contributed by atoms with E-state index < -0.39 is 0 Å². The summed E-state index contributed by atoms with van der Waals surface area (Å²) in [6.45, 7) is 9.31. The molecular weight excluding hydrogens is 320 g/mol. The van der Waals surface area contributed by atoms with Crippen molar-refractivity contribution in [2.24, 2.45) is 0 Å². The second-order valence-electron chi connectivity index (χ2n) is 4.97. The van der Waals surface area contributed by atoms with Gasteiger partial charge in [-0.1, -0.05) is 6.92 Å². The maximum absolute atomic E-state index is 5.56. The van der Waals surface area contributed by atoms with Gasteiger partial charge in [0.25, 0.3) is 0 Å². The molecular formula is C14H27BrN4O. The summed E-state index contributed by atoms with van der Waals surface area (Å²) < 4.78 is 8.76. The number of halogens is 1. The van der Waals surface area contributed by atoms with Crippen LogP contribution in [-0.2, 0) is 24.2 Å². The normalized spacial score (nSPS) is 11.5. The highest BCUT2D eigenvalue weighted by atomic mass is 79.9. The molecule has 0 fully saturated rings. The number of likely N-dealkylation sites (N-methyl/N-ethyl adjacent to an activating group) is 1. The third-order valence-corrected chi connectivity index (χ3v) is 4.01. The predicted molar refractivity (Wildman–Crippen MR) is 86.1 cm³/mol. The largest absolute Gasteiger partial charge is 0.379 e. The maximum Gasteiger partial charge on any atom is 0.0767 e. The third-order valence-electron chi connectivity index (χ3n) is 3.09. The van der Waals surface area contributed by atoms with Gasteiger partial charge in [-0.25, -0.2) is 0 Å². The van der Waals surface area contributed by atoms with Crippen LogP contribution in [0.2, 0.25) is 0 Å². The molecule has 5 nitrogen and oxygen atoms in total. The topological polar surface area (TPSA) is 42.3 Å². The molecule has 0 unspecified atom stereocenters. The lowest BCUT2D eigenvalue weighted by atomic mass is 10.3. The molecule has 0 amide bonds. The number of nitrogens with zero attached hydrogens (tertiary/aromatic N) is 3. The number of aromatic nitrogens is 2. The first kappa shape index (κ1) is 17.6. The number of hydrogen-bond acceptors (Lipinski definition) is 4. The van der Waals surface area contributed by atoms with Crippen molar-refractivity contribution in [1.82, 2.24) is 20.0 Å². The minimum atomic E-state index is 0.742. The SMILES string of the molecule is CCc1nn(CC)c(CNCCOCCN(C)C)c1Br. The summed E-state index contributed by atoms with van der Waals surface area (Å²) in [6.07, 6.45) is 0.953. The second-order valence-corrected chi connectivity index (χ2v) is 5.76. The first-order chi connectivity index (χ1) is 9.60. The third kappa shape index (κ3) is 5.52. The number of hydrogen-bond donors (Lipinski definition) is 1. The molecule has 0 bridgehead atoms. The second kappa shape index (κ2) is 9.50. The minimum Gasteiger partial charge on any atom is -0.379 e. The first-order valence-corrected chi connectivity index (χ1v) is 8.06. The van der Waals surface area contributed by atoms with Gasteiger partial charge in [0.1, 0.15) is 0 Å². The van der Waals surface area contributed by atoms with Gasteiger partial charge in [-0.3, -0.25) is 4.68 Å². The van der Waals surface area contributed by atoms with Crippen LogP contribution in [-0.4, -0.2) is 55.1 Å². The van der Waals surface area contributed by atoms with E-state index in [2.05, 4.69) is 63.9 Å². The van der Waals surface area contributed by atoms with Crippen LogP contribution in [0.25, 0.3) is 0 Å². The van der Waals surface area contributed by atoms with Gasteiger partial charge in [-0.2, -0.15) is 5.10 Å². The lowest BCUT2D eigenvalue weighted by Gasteiger charge is -2.10. The highest BCUT2D eigenvalue weighted by molar-refractivity contribution is 9.10. The van der Waals surface area contributed by atoms with Gasteiger partial charge in [0, 0.05) is 26.2 Å². The fraction of sp³-hybridized carbons (Fsp3) is 0.786. The molecule has 0 aliphatic heterocycles. The van der Waals surface area contributed by atoms with E-state index in [-0.39, 0.29) is 0 Å². The Morgan fingerprint density at radius 1 is 1.30 bits per heavy atom. The summed E-state index contributed by atoms with van der Waals surface area (Å²) in [6, 6.07) is 0. The molecule has 1 aromatic heterocycles. The van der Waals surface area contributed by atoms with Crippen molar-refractivity contribution < 1.29 is 4.74 Å². The van der Waals surface area contributed by atoms with E-state index >= 15 is 0 Å². The van der Waals surface area contributed by atoms with E-state index in [1.54, 1.807) is 0 Å². The van der Waals surface area contributed by atoms with Crippen molar-refractivity contribution in [3.63, 3.8) is 0 Å². The molecule has 0 aliphatic rings. The van der Waals surface area contributed by atoms with Crippen LogP contribution in [0.5, 0.6) is 0 Å². The number of ether oxygens (including phenoxy) is 1. The van der Waals surface area contributed by atoms with Gasteiger partial charge < -0.3 is 15.0 Å². The highest BCUT2D eigenvalue weighted by Crippen LogP contribution is 2.22. The molecule has 1 rings (SSSR count). The van der Waals surface area contributed by atoms with Crippen LogP contribution in [0.4, 0.5) is 0 Å². The van der Waals surface area contributed by atoms with Gasteiger partial charge in [-0.15, -0.1) is 0 Å². The Bertz CT molecular complexity index is 393. The number of rotatable bonds is 10. The van der Waals surface area contributed by atoms with Crippen molar-refractivity contribution in [2.45, 2.75) is 33.4 Å². The van der Waals surface area contributed by atoms with Crippen LogP contribution in [0.15, 0.2) is 4.47 Å². The molecule has 1 aromatic rings. The lowest BCUT2D eigenvalue weighted by molar-refractivity contribution is 0.119. The number of nitrogens with one attached hydrogen (secondary N) is 1. The first-order valence-electron chi connectivity index (χ1n) is 7.27. The van der Waals surface area contributed by atoms with Gasteiger partial charge >= 0.3 is 0 Å². The molecule has 116 valence electrons. The Balaban J connectivity index is 2.29. The average Bonchev–Trinajstić information content (AvgIpc) is 2.73. The van der Waals surface area contributed by atoms with Crippen molar-refractivity contribution in [3.05, 3.63) is 15.9 Å². The van der Waals surface area contributed by atoms with E-state index in [0.29, 0.717) is 0 Å². The van der Waals surface area contributed by atoms with Crippen molar-refractivity contribution in [3.8, 4) is 0 Å². The summed E-state index contributed by atoms with van der Waals surface area (Å²) in [7, 11) is 4.10. The molecule has 0 saturated carbocycles. The minimum absolute atomic E-state index is 0.742. The van der Waals surface area contributed by atoms with E-state index in [1.165, 1.54) is 5.69 Å². The van der Waals surface area contributed by atoms with Crippen molar-refractivity contribution in [2.75, 3.05) is 40.4 Å². The molecule has 0 aromatic carbocycles. The fourth-order valence-electron chi connectivity index (χ4n) is 1.89. The Kier molecular flexibility index (Phi) is 8.37. The quantitative estimate of drug-likeness (QED) is 0.657. The standard InChI is InChI=1S/C14H27BrN4O/c1-5-12-14(15)13(19(6-2)17-12)11-16-7-9-20-10-8-18(3)4/h16H,5-11H2,1-4H3.